The average Bonchev–Trinajstić information content (AvgIpc) is 2.25. The Hall–Kier alpha value is -1.59. The molecule has 0 bridgehead atoms. The van der Waals surface area contributed by atoms with E-state index in [1.165, 1.54) is 12.1 Å². The fourth-order valence-electron chi connectivity index (χ4n) is 1.20. The topological polar surface area (TPSA) is 98.2 Å². The van der Waals surface area contributed by atoms with Gasteiger partial charge in [-0.2, -0.15) is 0 Å². The van der Waals surface area contributed by atoms with Gasteiger partial charge in [0.15, 0.2) is 0 Å². The Morgan fingerprint density at radius 3 is 2.00 bits per heavy atom. The van der Waals surface area contributed by atoms with Gasteiger partial charge in [-0.15, -0.1) is 12.4 Å². The van der Waals surface area contributed by atoms with Crippen molar-refractivity contribution in [1.29, 1.82) is 0 Å². The highest BCUT2D eigenvalue weighted by Crippen LogP contribution is 2.04. The van der Waals surface area contributed by atoms with Gasteiger partial charge in [0.25, 0.3) is 5.91 Å². The zero-order valence-corrected chi connectivity index (χ0v) is 11.2. The van der Waals surface area contributed by atoms with E-state index in [9.17, 15) is 9.59 Å². The lowest BCUT2D eigenvalue weighted by Gasteiger charge is -2.18. The Morgan fingerprint density at radius 2 is 1.61 bits per heavy atom. The molecule has 0 aliphatic heterocycles. The van der Waals surface area contributed by atoms with Crippen molar-refractivity contribution in [2.45, 2.75) is 19.4 Å². The molecule has 0 saturated heterocycles. The molecule has 0 spiro atoms. The van der Waals surface area contributed by atoms with Crippen LogP contribution in [0.5, 0.6) is 0 Å². The van der Waals surface area contributed by atoms with Crippen LogP contribution in [-0.4, -0.2) is 23.9 Å². The van der Waals surface area contributed by atoms with Crippen molar-refractivity contribution in [3.63, 3.8) is 0 Å². The largest absolute Gasteiger partial charge is 0.366 e. The maximum Gasteiger partial charge on any atom is 0.251 e. The van der Waals surface area contributed by atoms with Crippen molar-refractivity contribution in [3.05, 3.63) is 35.4 Å². The zero-order chi connectivity index (χ0) is 13.1. The highest BCUT2D eigenvalue weighted by Gasteiger charge is 2.13. The lowest BCUT2D eigenvalue weighted by atomic mass is 10.1. The van der Waals surface area contributed by atoms with Crippen LogP contribution < -0.4 is 16.8 Å². The van der Waals surface area contributed by atoms with Crippen molar-refractivity contribution >= 4 is 24.2 Å². The second kappa shape index (κ2) is 6.37. The molecule has 0 aliphatic rings. The highest BCUT2D eigenvalue weighted by atomic mass is 35.5. The molecule has 5 N–H and O–H groups in total. The van der Waals surface area contributed by atoms with Crippen molar-refractivity contribution < 1.29 is 9.59 Å². The summed E-state index contributed by atoms with van der Waals surface area (Å²) in [6.07, 6.45) is 0. The maximum absolute atomic E-state index is 11.7. The summed E-state index contributed by atoms with van der Waals surface area (Å²) in [7, 11) is 0. The molecular weight excluding hydrogens is 254 g/mol. The van der Waals surface area contributed by atoms with Gasteiger partial charge in [-0.05, 0) is 38.1 Å². The third-order valence-electron chi connectivity index (χ3n) is 2.14. The molecule has 18 heavy (non-hydrogen) atoms. The highest BCUT2D eigenvalue weighted by molar-refractivity contribution is 5.97. The van der Waals surface area contributed by atoms with Gasteiger partial charge in [-0.1, -0.05) is 0 Å². The molecule has 0 radical (unpaired) electrons. The minimum absolute atomic E-state index is 0. The molecule has 0 unspecified atom stereocenters. The van der Waals surface area contributed by atoms with E-state index in [0.717, 1.165) is 0 Å². The molecule has 100 valence electrons. The maximum atomic E-state index is 11.7. The average molecular weight is 272 g/mol. The smallest absolute Gasteiger partial charge is 0.251 e. The summed E-state index contributed by atoms with van der Waals surface area (Å²) in [4.78, 5) is 22.5. The lowest BCUT2D eigenvalue weighted by Crippen LogP contribution is -2.45. The third kappa shape index (κ3) is 5.16. The van der Waals surface area contributed by atoms with E-state index in [1.807, 2.05) is 13.8 Å². The predicted octanol–water partition coefficient (Wildman–Crippen LogP) is 0.674. The molecule has 1 aromatic carbocycles. The van der Waals surface area contributed by atoms with E-state index >= 15 is 0 Å². The number of primary amides is 1. The Balaban J connectivity index is 0.00000289. The third-order valence-corrected chi connectivity index (χ3v) is 2.14. The van der Waals surface area contributed by atoms with Crippen LogP contribution in [0, 0.1) is 0 Å². The number of hydrogen-bond donors (Lipinski definition) is 3. The van der Waals surface area contributed by atoms with Gasteiger partial charge in [0, 0.05) is 23.2 Å². The minimum atomic E-state index is -0.514. The summed E-state index contributed by atoms with van der Waals surface area (Å²) in [5.41, 5.74) is 11.2. The standard InChI is InChI=1S/C12H17N3O2.ClH/c1-12(2,14)7-15-11(17)9-5-3-8(4-6-9)10(13)16;/h3-6H,7,14H2,1-2H3,(H2,13,16)(H,15,17);1H. The SMILES string of the molecule is CC(C)(N)CNC(=O)c1ccc(C(N)=O)cc1.Cl. The number of halogens is 1. The van der Waals surface area contributed by atoms with Crippen molar-refractivity contribution in [1.82, 2.24) is 5.32 Å². The number of nitrogens with two attached hydrogens (primary N) is 2. The van der Waals surface area contributed by atoms with Gasteiger partial charge >= 0.3 is 0 Å². The van der Waals surface area contributed by atoms with E-state index in [0.29, 0.717) is 17.7 Å². The van der Waals surface area contributed by atoms with Crippen LogP contribution in [-0.2, 0) is 0 Å². The monoisotopic (exact) mass is 271 g/mol. The first kappa shape index (κ1) is 16.4. The molecule has 0 atom stereocenters. The summed E-state index contributed by atoms with van der Waals surface area (Å²) in [5.74, 6) is -0.736. The fourth-order valence-corrected chi connectivity index (χ4v) is 1.20. The van der Waals surface area contributed by atoms with Crippen molar-refractivity contribution in [2.24, 2.45) is 11.5 Å². The molecule has 0 saturated carbocycles. The molecule has 1 aromatic rings. The van der Waals surface area contributed by atoms with Crippen LogP contribution in [0.25, 0.3) is 0 Å². The van der Waals surface area contributed by atoms with E-state index < -0.39 is 11.4 Å². The molecule has 0 aliphatic carbocycles. The summed E-state index contributed by atoms with van der Waals surface area (Å²) in [5, 5.41) is 2.71. The van der Waals surface area contributed by atoms with E-state index in [-0.39, 0.29) is 18.3 Å². The fraction of sp³-hybridized carbons (Fsp3) is 0.333. The van der Waals surface area contributed by atoms with Gasteiger partial charge in [0.2, 0.25) is 5.91 Å². The molecule has 0 heterocycles. The first-order chi connectivity index (χ1) is 7.79. The summed E-state index contributed by atoms with van der Waals surface area (Å²) in [6, 6.07) is 6.15. The van der Waals surface area contributed by atoms with Crippen LogP contribution in [0.2, 0.25) is 0 Å². The van der Waals surface area contributed by atoms with E-state index in [1.54, 1.807) is 12.1 Å². The number of hydrogen-bond acceptors (Lipinski definition) is 3. The number of amides is 2. The van der Waals surface area contributed by atoms with Crippen LogP contribution in [0.1, 0.15) is 34.6 Å². The van der Waals surface area contributed by atoms with Gasteiger partial charge in [0.1, 0.15) is 0 Å². The second-order valence-electron chi connectivity index (χ2n) is 4.61. The molecule has 6 heteroatoms. The van der Waals surface area contributed by atoms with Gasteiger partial charge in [-0.25, -0.2) is 0 Å². The Labute approximate surface area is 112 Å². The molecule has 1 rings (SSSR count). The van der Waals surface area contributed by atoms with Gasteiger partial charge < -0.3 is 16.8 Å². The Bertz CT molecular complexity index is 424. The Kier molecular flexibility index (Phi) is 5.81. The first-order valence-corrected chi connectivity index (χ1v) is 5.26. The Morgan fingerprint density at radius 1 is 1.17 bits per heavy atom. The van der Waals surface area contributed by atoms with Gasteiger partial charge in [0.05, 0.1) is 0 Å². The zero-order valence-electron chi connectivity index (χ0n) is 10.4. The first-order valence-electron chi connectivity index (χ1n) is 5.26. The predicted molar refractivity (Wildman–Crippen MR) is 72.8 cm³/mol. The van der Waals surface area contributed by atoms with Crippen molar-refractivity contribution in [3.8, 4) is 0 Å². The number of nitrogens with one attached hydrogen (secondary N) is 1. The van der Waals surface area contributed by atoms with Crippen LogP contribution in [0.15, 0.2) is 24.3 Å². The molecule has 0 aromatic heterocycles. The van der Waals surface area contributed by atoms with E-state index in [2.05, 4.69) is 5.32 Å². The van der Waals surface area contributed by atoms with Crippen LogP contribution in [0.3, 0.4) is 0 Å². The summed E-state index contributed by atoms with van der Waals surface area (Å²) >= 11 is 0. The molecule has 5 nitrogen and oxygen atoms in total. The van der Waals surface area contributed by atoms with Gasteiger partial charge in [-0.3, -0.25) is 9.59 Å². The molecular formula is C12H18ClN3O2. The normalized spacial score (nSPS) is 10.4. The number of benzene rings is 1. The van der Waals surface area contributed by atoms with Crippen LogP contribution >= 0.6 is 12.4 Å². The van der Waals surface area contributed by atoms with Crippen molar-refractivity contribution in [2.75, 3.05) is 6.54 Å². The summed E-state index contributed by atoms with van der Waals surface area (Å²) < 4.78 is 0. The van der Waals surface area contributed by atoms with E-state index in [4.69, 9.17) is 11.5 Å². The molecule has 0 fully saturated rings. The quantitative estimate of drug-likeness (QED) is 0.751. The number of carbonyl (C=O) groups is 2. The minimum Gasteiger partial charge on any atom is -0.366 e. The summed E-state index contributed by atoms with van der Waals surface area (Å²) in [6.45, 7) is 4.02. The number of carbonyl (C=O) groups excluding carboxylic acids is 2. The molecule has 2 amide bonds. The second-order valence-corrected chi connectivity index (χ2v) is 4.61. The van der Waals surface area contributed by atoms with Crippen LogP contribution in [0.4, 0.5) is 0 Å². The number of rotatable bonds is 4. The lowest BCUT2D eigenvalue weighted by molar-refractivity contribution is 0.0943.